The summed E-state index contributed by atoms with van der Waals surface area (Å²) in [5.74, 6) is -0.204. The SMILES string of the molecule is Cc1ccc(S(=O)C(Cl)C2(C(C)C#N)CCCCCCCCCCCCCC2)cc1. The van der Waals surface area contributed by atoms with Crippen LogP contribution in [0.2, 0.25) is 0 Å². The lowest BCUT2D eigenvalue weighted by Crippen LogP contribution is -2.40. The normalized spacial score (nSPS) is 22.6. The maximum absolute atomic E-state index is 13.5. The van der Waals surface area contributed by atoms with Gasteiger partial charge in [-0.2, -0.15) is 5.26 Å². The first-order valence-electron chi connectivity index (χ1n) is 12.0. The summed E-state index contributed by atoms with van der Waals surface area (Å²) in [4.78, 5) is 0.779. The van der Waals surface area contributed by atoms with Gasteiger partial charge in [-0.3, -0.25) is 4.21 Å². The topological polar surface area (TPSA) is 40.9 Å². The molecule has 1 aromatic carbocycles. The van der Waals surface area contributed by atoms with Crippen molar-refractivity contribution in [3.05, 3.63) is 29.8 Å². The number of alkyl halides is 1. The summed E-state index contributed by atoms with van der Waals surface area (Å²) in [5, 5.41) is 9.89. The van der Waals surface area contributed by atoms with Crippen molar-refractivity contribution in [1.29, 1.82) is 5.26 Å². The molecular weight excluding hydrogens is 410 g/mol. The summed E-state index contributed by atoms with van der Waals surface area (Å²) >= 11 is 7.04. The molecule has 0 amide bonds. The molecule has 1 aromatic rings. The van der Waals surface area contributed by atoms with Crippen LogP contribution in [0, 0.1) is 29.6 Å². The highest BCUT2D eigenvalue weighted by atomic mass is 35.5. The predicted octanol–water partition coefficient (Wildman–Crippen LogP) is 8.29. The van der Waals surface area contributed by atoms with Crippen molar-refractivity contribution in [3.8, 4) is 6.07 Å². The Morgan fingerprint density at radius 3 is 1.67 bits per heavy atom. The smallest absolute Gasteiger partial charge is 0.120 e. The molecule has 2 nitrogen and oxygen atoms in total. The van der Waals surface area contributed by atoms with Gasteiger partial charge in [-0.05, 0) is 38.8 Å². The van der Waals surface area contributed by atoms with Crippen LogP contribution in [-0.4, -0.2) is 8.92 Å². The van der Waals surface area contributed by atoms with Gasteiger partial charge in [0.15, 0.2) is 0 Å². The molecule has 0 spiro atoms. The minimum absolute atomic E-state index is 0.204. The summed E-state index contributed by atoms with van der Waals surface area (Å²) in [5.41, 5.74) is 0.752. The third kappa shape index (κ3) is 7.38. The first-order chi connectivity index (χ1) is 14.5. The van der Waals surface area contributed by atoms with E-state index in [0.717, 1.165) is 36.1 Å². The van der Waals surface area contributed by atoms with Gasteiger partial charge in [-0.1, -0.05) is 94.7 Å². The molecule has 30 heavy (non-hydrogen) atoms. The van der Waals surface area contributed by atoms with Crippen molar-refractivity contribution in [2.24, 2.45) is 11.3 Å². The first-order valence-corrected chi connectivity index (χ1v) is 13.7. The Labute approximate surface area is 192 Å². The van der Waals surface area contributed by atoms with Gasteiger partial charge >= 0.3 is 0 Å². The number of nitriles is 1. The van der Waals surface area contributed by atoms with E-state index in [1.807, 2.05) is 38.1 Å². The molecule has 0 heterocycles. The maximum atomic E-state index is 13.5. The van der Waals surface area contributed by atoms with E-state index in [1.165, 1.54) is 64.2 Å². The number of nitrogens with zero attached hydrogens (tertiary/aromatic N) is 1. The van der Waals surface area contributed by atoms with Crippen LogP contribution >= 0.6 is 11.6 Å². The van der Waals surface area contributed by atoms with E-state index in [1.54, 1.807) is 0 Å². The lowest BCUT2D eigenvalue weighted by molar-refractivity contribution is 0.184. The fourth-order valence-corrected chi connectivity index (χ4v) is 7.02. The van der Waals surface area contributed by atoms with E-state index in [4.69, 9.17) is 11.6 Å². The van der Waals surface area contributed by atoms with Crippen molar-refractivity contribution in [3.63, 3.8) is 0 Å². The van der Waals surface area contributed by atoms with Gasteiger partial charge in [0.1, 0.15) is 4.71 Å². The Morgan fingerprint density at radius 2 is 1.27 bits per heavy atom. The molecule has 4 heteroatoms. The molecule has 3 atom stereocenters. The first kappa shape index (κ1) is 25.4. The largest absolute Gasteiger partial charge is 0.253 e. The predicted molar refractivity (Wildman–Crippen MR) is 129 cm³/mol. The maximum Gasteiger partial charge on any atom is 0.120 e. The van der Waals surface area contributed by atoms with E-state index in [2.05, 4.69) is 6.07 Å². The van der Waals surface area contributed by atoms with Crippen molar-refractivity contribution in [2.75, 3.05) is 0 Å². The molecular formula is C26H40ClNOS. The van der Waals surface area contributed by atoms with Crippen LogP contribution in [0.3, 0.4) is 0 Å². The summed E-state index contributed by atoms with van der Waals surface area (Å²) in [6.45, 7) is 4.03. The molecule has 0 aromatic heterocycles. The lowest BCUT2D eigenvalue weighted by Gasteiger charge is -2.40. The minimum atomic E-state index is -1.32. The highest BCUT2D eigenvalue weighted by Crippen LogP contribution is 2.47. The number of rotatable bonds is 4. The van der Waals surface area contributed by atoms with Gasteiger partial charge in [-0.15, -0.1) is 11.6 Å². The van der Waals surface area contributed by atoms with E-state index in [0.29, 0.717) is 0 Å². The molecule has 1 fully saturated rings. The van der Waals surface area contributed by atoms with Crippen LogP contribution in [0.15, 0.2) is 29.2 Å². The Morgan fingerprint density at radius 1 is 0.867 bits per heavy atom. The summed E-state index contributed by atoms with van der Waals surface area (Å²) in [6, 6.07) is 10.3. The van der Waals surface area contributed by atoms with Gasteiger partial charge in [0, 0.05) is 10.3 Å². The second-order valence-electron chi connectivity index (χ2n) is 9.25. The van der Waals surface area contributed by atoms with Crippen molar-refractivity contribution in [2.45, 2.75) is 113 Å². The zero-order valence-electron chi connectivity index (χ0n) is 19.0. The van der Waals surface area contributed by atoms with Gasteiger partial charge in [0.25, 0.3) is 0 Å². The summed E-state index contributed by atoms with van der Waals surface area (Å²) in [7, 11) is -1.32. The highest BCUT2D eigenvalue weighted by molar-refractivity contribution is 7.87. The Kier molecular flexibility index (Phi) is 11.5. The summed E-state index contributed by atoms with van der Waals surface area (Å²) < 4.78 is 12.9. The van der Waals surface area contributed by atoms with Crippen molar-refractivity contribution < 1.29 is 4.21 Å². The number of aryl methyl sites for hydroxylation is 1. The van der Waals surface area contributed by atoms with E-state index < -0.39 is 20.9 Å². The Balaban J connectivity index is 2.23. The van der Waals surface area contributed by atoms with Crippen LogP contribution in [-0.2, 0) is 10.8 Å². The van der Waals surface area contributed by atoms with Gasteiger partial charge in [0.2, 0.25) is 0 Å². The number of benzene rings is 1. The minimum Gasteiger partial charge on any atom is -0.253 e. The molecule has 0 N–H and O–H groups in total. The average molecular weight is 450 g/mol. The summed E-state index contributed by atoms with van der Waals surface area (Å²) in [6.07, 6.45) is 16.8. The lowest BCUT2D eigenvalue weighted by atomic mass is 9.70. The molecule has 1 aliphatic rings. The third-order valence-electron chi connectivity index (χ3n) is 6.98. The van der Waals surface area contributed by atoms with Crippen LogP contribution in [0.1, 0.15) is 102 Å². The van der Waals surface area contributed by atoms with E-state index in [-0.39, 0.29) is 5.92 Å². The standard InChI is InChI=1S/C26H40ClNOS/c1-22-15-17-24(18-16-22)30(29)25(27)26(23(2)21-28)19-13-11-9-7-5-3-4-6-8-10-12-14-20-26/h15-18,23,25H,3-14,19-20H2,1-2H3. The van der Waals surface area contributed by atoms with Crippen LogP contribution in [0.4, 0.5) is 0 Å². The molecule has 2 rings (SSSR count). The average Bonchev–Trinajstić information content (AvgIpc) is 2.77. The third-order valence-corrected chi connectivity index (χ3v) is 9.49. The quantitative estimate of drug-likeness (QED) is 0.433. The molecule has 168 valence electrons. The molecule has 0 aliphatic heterocycles. The van der Waals surface area contributed by atoms with Crippen molar-refractivity contribution in [1.82, 2.24) is 0 Å². The monoisotopic (exact) mass is 449 g/mol. The van der Waals surface area contributed by atoms with Crippen molar-refractivity contribution >= 4 is 22.4 Å². The number of hydrogen-bond acceptors (Lipinski definition) is 2. The molecule has 3 unspecified atom stereocenters. The Bertz CT molecular complexity index is 665. The van der Waals surface area contributed by atoms with E-state index in [9.17, 15) is 9.47 Å². The highest BCUT2D eigenvalue weighted by Gasteiger charge is 2.45. The molecule has 1 aliphatic carbocycles. The zero-order valence-corrected chi connectivity index (χ0v) is 20.6. The zero-order chi connectivity index (χ0) is 21.8. The van der Waals surface area contributed by atoms with Gasteiger partial charge in [0.05, 0.1) is 22.8 Å². The molecule has 0 bridgehead atoms. The number of hydrogen-bond donors (Lipinski definition) is 0. The Hall–Kier alpha value is -0.850. The van der Waals surface area contributed by atoms with Gasteiger partial charge < -0.3 is 0 Å². The number of halogens is 1. The molecule has 1 saturated carbocycles. The second kappa shape index (κ2) is 13.5. The second-order valence-corrected chi connectivity index (χ2v) is 11.5. The molecule has 0 radical (unpaired) electrons. The van der Waals surface area contributed by atoms with Crippen LogP contribution in [0.5, 0.6) is 0 Å². The van der Waals surface area contributed by atoms with Crippen LogP contribution < -0.4 is 0 Å². The fourth-order valence-electron chi connectivity index (χ4n) is 4.79. The molecule has 0 saturated heterocycles. The fraction of sp³-hybridized carbons (Fsp3) is 0.731. The van der Waals surface area contributed by atoms with Gasteiger partial charge in [-0.25, -0.2) is 0 Å². The van der Waals surface area contributed by atoms with Crippen LogP contribution in [0.25, 0.3) is 0 Å². The van der Waals surface area contributed by atoms with E-state index >= 15 is 0 Å².